The van der Waals surface area contributed by atoms with Gasteiger partial charge in [-0.05, 0) is 35.8 Å². The molecule has 0 aliphatic carbocycles. The highest BCUT2D eigenvalue weighted by atomic mass is 32.2. The number of fused-ring (bicyclic) bond motifs is 2. The molecule has 0 radical (unpaired) electrons. The van der Waals surface area contributed by atoms with E-state index in [0.717, 1.165) is 22.4 Å². The summed E-state index contributed by atoms with van der Waals surface area (Å²) in [4.78, 5) is 0.175. The van der Waals surface area contributed by atoms with Gasteiger partial charge in [-0.15, -0.1) is 0 Å². The minimum absolute atomic E-state index is 0.175. The summed E-state index contributed by atoms with van der Waals surface area (Å²) in [5.74, 6) is 0.814. The van der Waals surface area contributed by atoms with Crippen LogP contribution in [0.2, 0.25) is 0 Å². The van der Waals surface area contributed by atoms with Crippen molar-refractivity contribution >= 4 is 16.1 Å². The van der Waals surface area contributed by atoms with Crippen LogP contribution in [0.1, 0.15) is 29.2 Å². The van der Waals surface area contributed by atoms with Crippen molar-refractivity contribution in [2.45, 2.75) is 30.0 Å². The molecule has 3 aromatic rings. The van der Waals surface area contributed by atoms with Gasteiger partial charge in [-0.25, -0.2) is 8.42 Å². The predicted molar refractivity (Wildman–Crippen MR) is 119 cm³/mol. The van der Waals surface area contributed by atoms with Crippen LogP contribution in [0.3, 0.4) is 0 Å². The average Bonchev–Trinajstić information content (AvgIpc) is 2.80. The molecule has 6 heteroatoms. The van der Waals surface area contributed by atoms with Crippen molar-refractivity contribution in [2.24, 2.45) is 0 Å². The maximum atomic E-state index is 13.6. The Bertz CT molecular complexity index is 1240. The quantitative estimate of drug-likeness (QED) is 0.671. The predicted octanol–water partition coefficient (Wildman–Crippen LogP) is 4.16. The lowest BCUT2D eigenvalue weighted by Gasteiger charge is -2.40. The van der Waals surface area contributed by atoms with Crippen molar-refractivity contribution < 1.29 is 18.3 Å². The smallest absolute Gasteiger partial charge is 0.244 e. The average molecular weight is 434 g/mol. The Kier molecular flexibility index (Phi) is 5.14. The lowest BCUT2D eigenvalue weighted by molar-refractivity contribution is 0.0757. The van der Waals surface area contributed by atoms with Crippen molar-refractivity contribution in [3.8, 4) is 5.75 Å². The van der Waals surface area contributed by atoms with Gasteiger partial charge in [0.2, 0.25) is 10.0 Å². The lowest BCUT2D eigenvalue weighted by atomic mass is 9.93. The Morgan fingerprint density at radius 1 is 0.935 bits per heavy atom. The molecular formula is C25H23NO4S. The van der Waals surface area contributed by atoms with Crippen molar-refractivity contribution in [1.82, 2.24) is 4.31 Å². The zero-order valence-corrected chi connectivity index (χ0v) is 17.7. The van der Waals surface area contributed by atoms with Crippen molar-refractivity contribution in [3.63, 3.8) is 0 Å². The first kappa shape index (κ1) is 20.0. The normalized spacial score (nSPS) is 22.0. The van der Waals surface area contributed by atoms with E-state index in [1.54, 1.807) is 24.3 Å². The van der Waals surface area contributed by atoms with Gasteiger partial charge in [0.15, 0.2) is 0 Å². The highest BCUT2D eigenvalue weighted by Gasteiger charge is 2.43. The van der Waals surface area contributed by atoms with Crippen molar-refractivity contribution in [2.75, 3.05) is 6.61 Å². The van der Waals surface area contributed by atoms with Gasteiger partial charge in [0.05, 0.1) is 17.0 Å². The maximum absolute atomic E-state index is 13.6. The fraction of sp³-hybridized carbons (Fsp3) is 0.200. The SMILES string of the molecule is O=S1(=O)c2ccccc2[C@H](O)[C@@H](CC2=Cc3ccccc3OC2)N1Cc1ccccc1. The molecule has 2 atom stereocenters. The summed E-state index contributed by atoms with van der Waals surface area (Å²) in [7, 11) is -3.77. The summed E-state index contributed by atoms with van der Waals surface area (Å²) in [5, 5.41) is 11.3. The van der Waals surface area contributed by atoms with Crippen molar-refractivity contribution in [3.05, 3.63) is 101 Å². The number of ether oxygens (including phenoxy) is 1. The molecule has 5 rings (SSSR count). The molecule has 2 heterocycles. The topological polar surface area (TPSA) is 66.8 Å². The molecule has 2 aliphatic heterocycles. The largest absolute Gasteiger partial charge is 0.489 e. The van der Waals surface area contributed by atoms with E-state index >= 15 is 0 Å². The van der Waals surface area contributed by atoms with E-state index in [0.29, 0.717) is 18.6 Å². The summed E-state index contributed by atoms with van der Waals surface area (Å²) >= 11 is 0. The molecule has 0 saturated heterocycles. The molecule has 0 unspecified atom stereocenters. The standard InChI is InChI=1S/C25H23NO4S/c27-25-21-11-5-7-13-24(21)31(28,29)26(16-18-8-2-1-3-9-18)22(25)15-19-14-20-10-4-6-12-23(20)30-17-19/h1-14,22,25,27H,15-17H2/t22-,25+/m1/s1. The van der Waals surface area contributed by atoms with E-state index in [1.165, 1.54) is 4.31 Å². The summed E-state index contributed by atoms with van der Waals surface area (Å²) in [5.41, 5.74) is 3.25. The molecular weight excluding hydrogens is 410 g/mol. The number of aliphatic hydroxyl groups is 1. The minimum atomic E-state index is -3.77. The van der Waals surface area contributed by atoms with Gasteiger partial charge < -0.3 is 9.84 Å². The van der Waals surface area contributed by atoms with Gasteiger partial charge in [0.1, 0.15) is 12.4 Å². The summed E-state index contributed by atoms with van der Waals surface area (Å²) in [6.07, 6.45) is 1.50. The van der Waals surface area contributed by atoms with Crippen LogP contribution in [0.4, 0.5) is 0 Å². The van der Waals surface area contributed by atoms with Crippen LogP contribution < -0.4 is 4.74 Å². The second-order valence-electron chi connectivity index (χ2n) is 7.92. The Morgan fingerprint density at radius 3 is 2.48 bits per heavy atom. The van der Waals surface area contributed by atoms with Gasteiger partial charge in [0, 0.05) is 17.7 Å². The Balaban J connectivity index is 1.55. The van der Waals surface area contributed by atoms with Crippen molar-refractivity contribution in [1.29, 1.82) is 0 Å². The van der Waals surface area contributed by atoms with Gasteiger partial charge in [-0.1, -0.05) is 66.7 Å². The molecule has 0 fully saturated rings. The van der Waals surface area contributed by atoms with Gasteiger partial charge in [-0.2, -0.15) is 4.31 Å². The van der Waals surface area contributed by atoms with E-state index in [1.807, 2.05) is 60.7 Å². The van der Waals surface area contributed by atoms with Crippen LogP contribution in [0.15, 0.2) is 89.3 Å². The zero-order chi connectivity index (χ0) is 21.4. The number of rotatable bonds is 4. The fourth-order valence-electron chi connectivity index (χ4n) is 4.36. The van der Waals surface area contributed by atoms with Crippen LogP contribution in [0.5, 0.6) is 5.75 Å². The fourth-order valence-corrected chi connectivity index (χ4v) is 6.21. The first-order valence-corrected chi connectivity index (χ1v) is 11.7. The lowest BCUT2D eigenvalue weighted by Crippen LogP contribution is -2.47. The molecule has 0 bridgehead atoms. The van der Waals surface area contributed by atoms with Crippen LogP contribution >= 0.6 is 0 Å². The van der Waals surface area contributed by atoms with E-state index in [2.05, 4.69) is 0 Å². The number of hydrogen-bond donors (Lipinski definition) is 1. The number of benzene rings is 3. The first-order chi connectivity index (χ1) is 15.0. The number of nitrogens with zero attached hydrogens (tertiary/aromatic N) is 1. The third-order valence-electron chi connectivity index (χ3n) is 5.90. The summed E-state index contributed by atoms with van der Waals surface area (Å²) in [6, 6.07) is 23.3. The number of sulfonamides is 1. The van der Waals surface area contributed by atoms with Gasteiger partial charge >= 0.3 is 0 Å². The number of para-hydroxylation sites is 1. The number of aliphatic hydroxyl groups excluding tert-OH is 1. The van der Waals surface area contributed by atoms with Crippen LogP contribution in [-0.2, 0) is 16.6 Å². The molecule has 0 spiro atoms. The monoisotopic (exact) mass is 433 g/mol. The Hall–Kier alpha value is -2.93. The van der Waals surface area contributed by atoms with Gasteiger partial charge in [0.25, 0.3) is 0 Å². The molecule has 3 aromatic carbocycles. The first-order valence-electron chi connectivity index (χ1n) is 10.3. The molecule has 2 aliphatic rings. The molecule has 31 heavy (non-hydrogen) atoms. The molecule has 158 valence electrons. The Morgan fingerprint density at radius 2 is 1.65 bits per heavy atom. The van der Waals surface area contributed by atoms with E-state index < -0.39 is 22.2 Å². The van der Waals surface area contributed by atoms with E-state index in [-0.39, 0.29) is 11.4 Å². The Labute approximate surface area is 182 Å². The van der Waals surface area contributed by atoms with E-state index in [4.69, 9.17) is 4.74 Å². The maximum Gasteiger partial charge on any atom is 0.244 e. The third kappa shape index (κ3) is 3.67. The molecule has 5 nitrogen and oxygen atoms in total. The molecule has 0 amide bonds. The summed E-state index contributed by atoms with van der Waals surface area (Å²) < 4.78 is 34.4. The van der Waals surface area contributed by atoms with Crippen LogP contribution in [0.25, 0.3) is 6.08 Å². The highest BCUT2D eigenvalue weighted by Crippen LogP contribution is 2.40. The minimum Gasteiger partial charge on any atom is -0.489 e. The molecule has 1 N–H and O–H groups in total. The number of hydrogen-bond acceptors (Lipinski definition) is 4. The second kappa shape index (κ2) is 7.96. The third-order valence-corrected chi connectivity index (χ3v) is 7.85. The van der Waals surface area contributed by atoms with Gasteiger partial charge in [-0.3, -0.25) is 0 Å². The molecule has 0 saturated carbocycles. The highest BCUT2D eigenvalue weighted by molar-refractivity contribution is 7.89. The van der Waals surface area contributed by atoms with E-state index in [9.17, 15) is 13.5 Å². The van der Waals surface area contributed by atoms with Crippen LogP contribution in [-0.4, -0.2) is 30.5 Å². The zero-order valence-electron chi connectivity index (χ0n) is 16.9. The summed E-state index contributed by atoms with van der Waals surface area (Å²) in [6.45, 7) is 0.574. The molecule has 0 aromatic heterocycles. The second-order valence-corrected chi connectivity index (χ2v) is 9.78. The van der Waals surface area contributed by atoms with Crippen LogP contribution in [0, 0.1) is 0 Å².